The Kier molecular flexibility index (Phi) is 3.61. The third kappa shape index (κ3) is 2.75. The molecule has 1 aromatic carbocycles. The van der Waals surface area contributed by atoms with Gasteiger partial charge in [-0.3, -0.25) is 4.79 Å². The molecule has 1 aliphatic rings. The predicted molar refractivity (Wildman–Crippen MR) is 62.6 cm³/mol. The van der Waals surface area contributed by atoms with E-state index in [0.29, 0.717) is 19.6 Å². The molecule has 0 aliphatic carbocycles. The van der Waals surface area contributed by atoms with Gasteiger partial charge in [0.2, 0.25) is 5.91 Å². The maximum Gasteiger partial charge on any atom is 0.216 e. The van der Waals surface area contributed by atoms with Crippen molar-refractivity contribution in [1.29, 1.82) is 0 Å². The summed E-state index contributed by atoms with van der Waals surface area (Å²) in [5, 5.41) is 2.71. The Balaban J connectivity index is 2.00. The van der Waals surface area contributed by atoms with Crippen LogP contribution in [0.3, 0.4) is 0 Å². The summed E-state index contributed by atoms with van der Waals surface area (Å²) in [5.74, 6) is 0.588. The minimum Gasteiger partial charge on any atom is -0.493 e. The van der Waals surface area contributed by atoms with Gasteiger partial charge >= 0.3 is 0 Å². The SMILES string of the molecule is CC(=O)NCCCc1c(F)ccc2c1CCO2. The summed E-state index contributed by atoms with van der Waals surface area (Å²) >= 11 is 0. The Morgan fingerprint density at radius 1 is 1.53 bits per heavy atom. The van der Waals surface area contributed by atoms with Gasteiger partial charge in [0.05, 0.1) is 6.61 Å². The molecule has 2 rings (SSSR count). The Bertz CT molecular complexity index is 432. The second-order valence-corrected chi connectivity index (χ2v) is 4.19. The van der Waals surface area contributed by atoms with Crippen LogP contribution in [0.2, 0.25) is 0 Å². The van der Waals surface area contributed by atoms with Gasteiger partial charge in [0, 0.05) is 25.5 Å². The van der Waals surface area contributed by atoms with Crippen LogP contribution >= 0.6 is 0 Å². The van der Waals surface area contributed by atoms with E-state index in [1.54, 1.807) is 6.07 Å². The molecular weight excluding hydrogens is 221 g/mol. The number of amides is 1. The molecule has 92 valence electrons. The maximum atomic E-state index is 13.7. The van der Waals surface area contributed by atoms with Crippen molar-refractivity contribution in [1.82, 2.24) is 5.32 Å². The van der Waals surface area contributed by atoms with E-state index in [2.05, 4.69) is 5.32 Å². The molecule has 0 saturated heterocycles. The van der Waals surface area contributed by atoms with Crippen molar-refractivity contribution in [3.05, 3.63) is 29.1 Å². The molecule has 1 aromatic rings. The van der Waals surface area contributed by atoms with Gasteiger partial charge in [-0.1, -0.05) is 0 Å². The lowest BCUT2D eigenvalue weighted by molar-refractivity contribution is -0.118. The zero-order valence-electron chi connectivity index (χ0n) is 9.88. The number of hydrogen-bond acceptors (Lipinski definition) is 2. The Labute approximate surface area is 100.0 Å². The van der Waals surface area contributed by atoms with Gasteiger partial charge in [-0.2, -0.15) is 0 Å². The largest absolute Gasteiger partial charge is 0.493 e. The normalized spacial score (nSPS) is 13.1. The number of hydrogen-bond donors (Lipinski definition) is 1. The monoisotopic (exact) mass is 237 g/mol. The van der Waals surface area contributed by atoms with Crippen LogP contribution < -0.4 is 10.1 Å². The van der Waals surface area contributed by atoms with Crippen molar-refractivity contribution in [3.8, 4) is 5.75 Å². The van der Waals surface area contributed by atoms with Gasteiger partial charge in [0.25, 0.3) is 0 Å². The van der Waals surface area contributed by atoms with Gasteiger partial charge in [-0.05, 0) is 30.5 Å². The zero-order valence-corrected chi connectivity index (χ0v) is 9.88. The maximum absolute atomic E-state index is 13.7. The molecule has 0 fully saturated rings. The van der Waals surface area contributed by atoms with Crippen molar-refractivity contribution >= 4 is 5.91 Å². The van der Waals surface area contributed by atoms with E-state index in [1.165, 1.54) is 13.0 Å². The summed E-state index contributed by atoms with van der Waals surface area (Å²) in [7, 11) is 0. The number of benzene rings is 1. The van der Waals surface area contributed by atoms with E-state index < -0.39 is 0 Å². The Morgan fingerprint density at radius 3 is 3.12 bits per heavy atom. The van der Waals surface area contributed by atoms with Crippen LogP contribution in [0.15, 0.2) is 12.1 Å². The number of ether oxygens (including phenoxy) is 1. The van der Waals surface area contributed by atoms with Crippen LogP contribution in [0.5, 0.6) is 5.75 Å². The fourth-order valence-corrected chi connectivity index (χ4v) is 2.12. The highest BCUT2D eigenvalue weighted by atomic mass is 19.1. The Morgan fingerprint density at radius 2 is 2.35 bits per heavy atom. The van der Waals surface area contributed by atoms with Crippen molar-refractivity contribution in [2.75, 3.05) is 13.2 Å². The lowest BCUT2D eigenvalue weighted by atomic mass is 10.00. The van der Waals surface area contributed by atoms with Crippen LogP contribution in [0.4, 0.5) is 4.39 Å². The van der Waals surface area contributed by atoms with E-state index in [0.717, 1.165) is 29.7 Å². The van der Waals surface area contributed by atoms with Crippen molar-refractivity contribution in [3.63, 3.8) is 0 Å². The summed E-state index contributed by atoms with van der Waals surface area (Å²) in [6, 6.07) is 3.15. The minimum atomic E-state index is -0.169. The average molecular weight is 237 g/mol. The van der Waals surface area contributed by atoms with Crippen molar-refractivity contribution in [2.24, 2.45) is 0 Å². The number of carbonyl (C=O) groups excluding carboxylic acids is 1. The van der Waals surface area contributed by atoms with Crippen LogP contribution in [0.1, 0.15) is 24.5 Å². The molecule has 0 saturated carbocycles. The van der Waals surface area contributed by atoms with Crippen LogP contribution in [0, 0.1) is 5.82 Å². The first kappa shape index (κ1) is 11.9. The van der Waals surface area contributed by atoms with E-state index in [4.69, 9.17) is 4.74 Å². The second kappa shape index (κ2) is 5.17. The van der Waals surface area contributed by atoms with E-state index in [1.807, 2.05) is 0 Å². The number of halogens is 1. The third-order valence-corrected chi connectivity index (χ3v) is 2.92. The predicted octanol–water partition coefficient (Wildman–Crippen LogP) is 1.83. The molecule has 0 atom stereocenters. The lowest BCUT2D eigenvalue weighted by Crippen LogP contribution is -2.21. The van der Waals surface area contributed by atoms with Gasteiger partial charge in [-0.15, -0.1) is 0 Å². The minimum absolute atomic E-state index is 0.0490. The molecular formula is C13H16FNO2. The van der Waals surface area contributed by atoms with Crippen LogP contribution in [-0.2, 0) is 17.6 Å². The fraction of sp³-hybridized carbons (Fsp3) is 0.462. The molecule has 0 spiro atoms. The summed E-state index contributed by atoms with van der Waals surface area (Å²) in [6.45, 7) is 2.70. The van der Waals surface area contributed by atoms with Gasteiger partial charge in [0.15, 0.2) is 0 Å². The van der Waals surface area contributed by atoms with Gasteiger partial charge < -0.3 is 10.1 Å². The highest BCUT2D eigenvalue weighted by Gasteiger charge is 2.18. The first-order chi connectivity index (χ1) is 8.18. The van der Waals surface area contributed by atoms with Crippen LogP contribution in [-0.4, -0.2) is 19.1 Å². The topological polar surface area (TPSA) is 38.3 Å². The number of nitrogens with one attached hydrogen (secondary N) is 1. The smallest absolute Gasteiger partial charge is 0.216 e. The van der Waals surface area contributed by atoms with Crippen LogP contribution in [0.25, 0.3) is 0 Å². The van der Waals surface area contributed by atoms with Crippen molar-refractivity contribution < 1.29 is 13.9 Å². The summed E-state index contributed by atoms with van der Waals surface area (Å²) in [6.07, 6.45) is 2.16. The molecule has 0 radical (unpaired) electrons. The Hall–Kier alpha value is -1.58. The molecule has 0 unspecified atom stereocenters. The summed E-state index contributed by atoms with van der Waals surface area (Å²) < 4.78 is 19.1. The molecule has 1 N–H and O–H groups in total. The van der Waals surface area contributed by atoms with E-state index in [9.17, 15) is 9.18 Å². The molecule has 1 heterocycles. The molecule has 0 bridgehead atoms. The van der Waals surface area contributed by atoms with E-state index in [-0.39, 0.29) is 11.7 Å². The highest BCUT2D eigenvalue weighted by Crippen LogP contribution is 2.30. The number of rotatable bonds is 4. The summed E-state index contributed by atoms with van der Waals surface area (Å²) in [5.41, 5.74) is 1.73. The standard InChI is InChI=1S/C13H16FNO2/c1-9(16)15-7-2-3-10-11-6-8-17-13(11)5-4-12(10)14/h4-5H,2-3,6-8H2,1H3,(H,15,16). The first-order valence-electron chi connectivity index (χ1n) is 5.86. The number of fused-ring (bicyclic) bond motifs is 1. The third-order valence-electron chi connectivity index (χ3n) is 2.92. The molecule has 1 aliphatic heterocycles. The second-order valence-electron chi connectivity index (χ2n) is 4.19. The zero-order chi connectivity index (χ0) is 12.3. The number of carbonyl (C=O) groups is 1. The van der Waals surface area contributed by atoms with Crippen molar-refractivity contribution in [2.45, 2.75) is 26.2 Å². The molecule has 4 heteroatoms. The highest BCUT2D eigenvalue weighted by molar-refractivity contribution is 5.72. The van der Waals surface area contributed by atoms with Gasteiger partial charge in [0.1, 0.15) is 11.6 Å². The quantitative estimate of drug-likeness (QED) is 0.811. The molecule has 3 nitrogen and oxygen atoms in total. The molecule has 17 heavy (non-hydrogen) atoms. The summed E-state index contributed by atoms with van der Waals surface area (Å²) in [4.78, 5) is 10.7. The molecule has 1 amide bonds. The van der Waals surface area contributed by atoms with E-state index >= 15 is 0 Å². The van der Waals surface area contributed by atoms with Gasteiger partial charge in [-0.25, -0.2) is 4.39 Å². The fourth-order valence-electron chi connectivity index (χ4n) is 2.12. The lowest BCUT2D eigenvalue weighted by Gasteiger charge is -2.08. The average Bonchev–Trinajstić information content (AvgIpc) is 2.74. The molecule has 0 aromatic heterocycles. The first-order valence-corrected chi connectivity index (χ1v) is 5.86.